The van der Waals surface area contributed by atoms with Gasteiger partial charge in [-0.1, -0.05) is 61.0 Å². The molecule has 7 nitrogen and oxygen atoms in total. The first-order valence-corrected chi connectivity index (χ1v) is 12.7. The fraction of sp³-hybridized carbons (Fsp3) is 0.161. The van der Waals surface area contributed by atoms with Crippen LogP contribution < -0.4 is 5.32 Å². The molecule has 2 heterocycles. The average molecular weight is 504 g/mol. The SMILES string of the molecule is O=C(CCCCCN1C(=O)c2ccccc2C1=O)Nc1ccccc1-c1nc2c(ccc3ccccc32)o1. The molecule has 1 N–H and O–H groups in total. The molecule has 1 aliphatic heterocycles. The number of carbonyl (C=O) groups is 3. The smallest absolute Gasteiger partial charge is 0.261 e. The average Bonchev–Trinajstić information content (AvgIpc) is 3.49. The van der Waals surface area contributed by atoms with Gasteiger partial charge in [0.15, 0.2) is 5.58 Å². The molecule has 0 saturated carbocycles. The maximum Gasteiger partial charge on any atom is 0.261 e. The van der Waals surface area contributed by atoms with Crippen LogP contribution in [0.5, 0.6) is 0 Å². The molecule has 0 aliphatic carbocycles. The standard InChI is InChI=1S/C31H25N3O4/c35-27(16-2-1-9-19-34-30(36)22-12-5-6-13-23(22)31(34)37)32-25-15-8-7-14-24(25)29-33-28-21-11-4-3-10-20(21)17-18-26(28)38-29/h3-8,10-15,17-18H,1-2,9,16,19H2,(H,32,35). The van der Waals surface area contributed by atoms with Crippen molar-refractivity contribution in [3.8, 4) is 11.5 Å². The third-order valence-electron chi connectivity index (χ3n) is 6.88. The van der Waals surface area contributed by atoms with Crippen molar-refractivity contribution in [2.24, 2.45) is 0 Å². The van der Waals surface area contributed by atoms with Crippen LogP contribution in [0.15, 0.2) is 89.3 Å². The number of hydrogen-bond donors (Lipinski definition) is 1. The molecule has 0 fully saturated rings. The van der Waals surface area contributed by atoms with E-state index >= 15 is 0 Å². The molecular formula is C31H25N3O4. The van der Waals surface area contributed by atoms with Gasteiger partial charge in [-0.3, -0.25) is 19.3 Å². The van der Waals surface area contributed by atoms with E-state index in [0.29, 0.717) is 59.7 Å². The van der Waals surface area contributed by atoms with E-state index in [9.17, 15) is 14.4 Å². The monoisotopic (exact) mass is 503 g/mol. The first kappa shape index (κ1) is 23.6. The molecule has 38 heavy (non-hydrogen) atoms. The van der Waals surface area contributed by atoms with E-state index in [1.807, 2.05) is 60.7 Å². The van der Waals surface area contributed by atoms with Gasteiger partial charge >= 0.3 is 0 Å². The molecular weight excluding hydrogens is 478 g/mol. The lowest BCUT2D eigenvalue weighted by Crippen LogP contribution is -2.30. The third kappa shape index (κ3) is 4.32. The highest BCUT2D eigenvalue weighted by Gasteiger charge is 2.34. The van der Waals surface area contributed by atoms with Gasteiger partial charge in [0.2, 0.25) is 11.8 Å². The molecule has 5 aromatic rings. The minimum absolute atomic E-state index is 0.111. The van der Waals surface area contributed by atoms with Crippen LogP contribution in [0.1, 0.15) is 46.4 Å². The van der Waals surface area contributed by atoms with E-state index in [2.05, 4.69) is 5.32 Å². The minimum atomic E-state index is -0.243. The number of unbranched alkanes of at least 4 members (excludes halogenated alkanes) is 2. The van der Waals surface area contributed by atoms with E-state index in [1.54, 1.807) is 24.3 Å². The zero-order valence-corrected chi connectivity index (χ0v) is 20.6. The number of carbonyl (C=O) groups excluding carboxylic acids is 3. The number of benzene rings is 4. The summed E-state index contributed by atoms with van der Waals surface area (Å²) in [4.78, 5) is 43.7. The summed E-state index contributed by atoms with van der Waals surface area (Å²) in [6.07, 6.45) is 2.34. The molecule has 0 unspecified atom stereocenters. The number of nitrogens with one attached hydrogen (secondary N) is 1. The number of fused-ring (bicyclic) bond motifs is 4. The van der Waals surface area contributed by atoms with E-state index in [-0.39, 0.29) is 17.7 Å². The second-order valence-corrected chi connectivity index (χ2v) is 9.36. The lowest BCUT2D eigenvalue weighted by molar-refractivity contribution is -0.116. The predicted octanol–water partition coefficient (Wildman–Crippen LogP) is 6.44. The molecule has 1 aliphatic rings. The second-order valence-electron chi connectivity index (χ2n) is 9.36. The summed E-state index contributed by atoms with van der Waals surface area (Å²) >= 11 is 0. The van der Waals surface area contributed by atoms with Gasteiger partial charge in [-0.2, -0.15) is 0 Å². The summed E-state index contributed by atoms with van der Waals surface area (Å²) in [5, 5.41) is 5.09. The van der Waals surface area contributed by atoms with Gasteiger partial charge in [-0.15, -0.1) is 0 Å². The Balaban J connectivity index is 1.07. The Morgan fingerprint density at radius 2 is 1.45 bits per heavy atom. The maximum atomic E-state index is 12.7. The van der Waals surface area contributed by atoms with E-state index in [1.165, 1.54) is 4.90 Å². The van der Waals surface area contributed by atoms with Gasteiger partial charge in [0.25, 0.3) is 11.8 Å². The Bertz CT molecular complexity index is 1670. The Hall–Kier alpha value is -4.78. The summed E-state index contributed by atoms with van der Waals surface area (Å²) in [7, 11) is 0. The zero-order chi connectivity index (χ0) is 26.1. The van der Waals surface area contributed by atoms with Crippen LogP contribution in [-0.2, 0) is 4.79 Å². The number of rotatable bonds is 8. The molecule has 188 valence electrons. The summed E-state index contributed by atoms with van der Waals surface area (Å²) < 4.78 is 6.06. The number of anilines is 1. The van der Waals surface area contributed by atoms with Gasteiger partial charge in [-0.05, 0) is 48.6 Å². The minimum Gasteiger partial charge on any atom is -0.436 e. The first-order valence-electron chi connectivity index (χ1n) is 12.7. The highest BCUT2D eigenvalue weighted by molar-refractivity contribution is 6.21. The number of para-hydroxylation sites is 1. The van der Waals surface area contributed by atoms with Crippen molar-refractivity contribution in [2.75, 3.05) is 11.9 Å². The molecule has 0 atom stereocenters. The topological polar surface area (TPSA) is 92.5 Å². The number of aromatic nitrogens is 1. The second kappa shape index (κ2) is 9.94. The van der Waals surface area contributed by atoms with E-state index in [0.717, 1.165) is 22.7 Å². The lowest BCUT2D eigenvalue weighted by Gasteiger charge is -2.13. The van der Waals surface area contributed by atoms with Gasteiger partial charge in [0.05, 0.1) is 22.4 Å². The van der Waals surface area contributed by atoms with Crippen molar-refractivity contribution in [1.29, 1.82) is 0 Å². The molecule has 3 amide bonds. The van der Waals surface area contributed by atoms with Gasteiger partial charge in [-0.25, -0.2) is 4.98 Å². The van der Waals surface area contributed by atoms with E-state index < -0.39 is 0 Å². The van der Waals surface area contributed by atoms with Crippen LogP contribution in [0.2, 0.25) is 0 Å². The molecule has 6 rings (SSSR count). The van der Waals surface area contributed by atoms with Crippen LogP contribution in [-0.4, -0.2) is 34.2 Å². The van der Waals surface area contributed by atoms with Crippen LogP contribution >= 0.6 is 0 Å². The normalized spacial score (nSPS) is 12.9. The molecule has 0 bridgehead atoms. The zero-order valence-electron chi connectivity index (χ0n) is 20.6. The van der Waals surface area contributed by atoms with Gasteiger partial charge in [0.1, 0.15) is 5.52 Å². The van der Waals surface area contributed by atoms with Crippen LogP contribution in [0.4, 0.5) is 5.69 Å². The summed E-state index contributed by atoms with van der Waals surface area (Å²) in [6, 6.07) is 26.3. The van der Waals surface area contributed by atoms with Crippen LogP contribution in [0, 0.1) is 0 Å². The summed E-state index contributed by atoms with van der Waals surface area (Å²) in [6.45, 7) is 0.350. The Kier molecular flexibility index (Phi) is 6.17. The number of imide groups is 1. The molecule has 0 saturated heterocycles. The number of amides is 3. The van der Waals surface area contributed by atoms with Crippen LogP contribution in [0.25, 0.3) is 33.3 Å². The Morgan fingerprint density at radius 3 is 2.24 bits per heavy atom. The number of hydrogen-bond acceptors (Lipinski definition) is 5. The van der Waals surface area contributed by atoms with Crippen molar-refractivity contribution >= 4 is 45.3 Å². The van der Waals surface area contributed by atoms with Crippen molar-refractivity contribution in [2.45, 2.75) is 25.7 Å². The van der Waals surface area contributed by atoms with E-state index in [4.69, 9.17) is 9.40 Å². The highest BCUT2D eigenvalue weighted by atomic mass is 16.3. The first-order chi connectivity index (χ1) is 18.6. The molecule has 1 aromatic heterocycles. The number of oxazole rings is 1. The largest absolute Gasteiger partial charge is 0.436 e. The molecule has 4 aromatic carbocycles. The fourth-order valence-electron chi connectivity index (χ4n) is 4.94. The van der Waals surface area contributed by atoms with Crippen molar-refractivity contribution in [3.05, 3.63) is 96.1 Å². The Morgan fingerprint density at radius 1 is 0.763 bits per heavy atom. The van der Waals surface area contributed by atoms with Crippen molar-refractivity contribution in [3.63, 3.8) is 0 Å². The fourth-order valence-corrected chi connectivity index (χ4v) is 4.94. The summed E-state index contributed by atoms with van der Waals surface area (Å²) in [5.74, 6) is -0.146. The summed E-state index contributed by atoms with van der Waals surface area (Å²) in [5.41, 5.74) is 3.76. The predicted molar refractivity (Wildman–Crippen MR) is 146 cm³/mol. The van der Waals surface area contributed by atoms with Crippen molar-refractivity contribution < 1.29 is 18.8 Å². The van der Waals surface area contributed by atoms with Crippen LogP contribution in [0.3, 0.4) is 0 Å². The molecule has 0 radical (unpaired) electrons. The Labute approximate surface area is 219 Å². The van der Waals surface area contributed by atoms with Gasteiger partial charge < -0.3 is 9.73 Å². The number of nitrogens with zero attached hydrogens (tertiary/aromatic N) is 2. The van der Waals surface area contributed by atoms with Crippen molar-refractivity contribution in [1.82, 2.24) is 9.88 Å². The quantitative estimate of drug-likeness (QED) is 0.194. The third-order valence-corrected chi connectivity index (χ3v) is 6.88. The molecule has 7 heteroatoms. The maximum absolute atomic E-state index is 12.7. The van der Waals surface area contributed by atoms with Gasteiger partial charge in [0, 0.05) is 18.4 Å². The molecule has 0 spiro atoms. The lowest BCUT2D eigenvalue weighted by atomic mass is 10.1. The highest BCUT2D eigenvalue weighted by Crippen LogP contribution is 2.33.